The summed E-state index contributed by atoms with van der Waals surface area (Å²) in [5.41, 5.74) is 1.55. The Balaban J connectivity index is 2.57. The molecule has 0 saturated carbocycles. The molecule has 2 rings (SSSR count). The van der Waals surface area contributed by atoms with Crippen LogP contribution in [-0.2, 0) is 0 Å². The topological polar surface area (TPSA) is 42.1 Å². The zero-order valence-electron chi connectivity index (χ0n) is 8.78. The Morgan fingerprint density at radius 3 is 2.87 bits per heavy atom. The normalized spacial score (nSPS) is 10.9. The molecule has 0 saturated heterocycles. The Labute approximate surface area is 88.1 Å². The molecular weight excluding hydrogens is 190 g/mol. The second-order valence-electron chi connectivity index (χ2n) is 3.74. The van der Waals surface area contributed by atoms with Crippen LogP contribution in [0.4, 0.5) is 0 Å². The molecule has 0 unspecified atom stereocenters. The van der Waals surface area contributed by atoms with Gasteiger partial charge in [-0.25, -0.2) is 0 Å². The molecule has 0 atom stereocenters. The van der Waals surface area contributed by atoms with Crippen LogP contribution in [0, 0.1) is 0 Å². The molecule has 1 heterocycles. The van der Waals surface area contributed by atoms with Crippen LogP contribution >= 0.6 is 0 Å². The molecule has 15 heavy (non-hydrogen) atoms. The van der Waals surface area contributed by atoms with E-state index in [0.29, 0.717) is 5.56 Å². The summed E-state index contributed by atoms with van der Waals surface area (Å²) in [6.45, 7) is 3.93. The van der Waals surface area contributed by atoms with Crippen LogP contribution in [0.15, 0.2) is 24.4 Å². The van der Waals surface area contributed by atoms with Gasteiger partial charge in [-0.15, -0.1) is 0 Å². The van der Waals surface area contributed by atoms with Crippen molar-refractivity contribution in [2.24, 2.45) is 0 Å². The fourth-order valence-electron chi connectivity index (χ4n) is 1.57. The molecule has 1 aromatic heterocycles. The number of hydrogen-bond donors (Lipinski definition) is 1. The van der Waals surface area contributed by atoms with Crippen molar-refractivity contribution >= 4 is 17.2 Å². The highest BCUT2D eigenvalue weighted by atomic mass is 16.5. The van der Waals surface area contributed by atoms with Crippen LogP contribution < -0.4 is 4.74 Å². The molecule has 0 radical (unpaired) electrons. The average molecular weight is 203 g/mol. The van der Waals surface area contributed by atoms with E-state index < -0.39 is 0 Å². The Morgan fingerprint density at radius 2 is 2.20 bits per heavy atom. The molecule has 0 aliphatic carbocycles. The zero-order chi connectivity index (χ0) is 10.8. The number of carbonyl (C=O) groups excluding carboxylic acids is 1. The fourth-order valence-corrected chi connectivity index (χ4v) is 1.57. The molecule has 1 aromatic carbocycles. The first kappa shape index (κ1) is 9.77. The third-order valence-electron chi connectivity index (χ3n) is 2.15. The number of hydrogen-bond acceptors (Lipinski definition) is 2. The molecule has 0 aliphatic heterocycles. The standard InChI is InChI=1S/C12H13NO2/c1-8(2)15-12-6-9(7-14)5-11-10(12)3-4-13-11/h3-8,13H,1-2H3. The number of H-pyrrole nitrogens is 1. The molecule has 2 aromatic rings. The Hall–Kier alpha value is -1.77. The van der Waals surface area contributed by atoms with Gasteiger partial charge >= 0.3 is 0 Å². The summed E-state index contributed by atoms with van der Waals surface area (Å²) in [7, 11) is 0. The quantitative estimate of drug-likeness (QED) is 0.779. The highest BCUT2D eigenvalue weighted by Crippen LogP contribution is 2.27. The highest BCUT2D eigenvalue weighted by molar-refractivity contribution is 5.91. The lowest BCUT2D eigenvalue weighted by Crippen LogP contribution is -2.06. The Bertz CT molecular complexity index is 485. The number of benzene rings is 1. The first-order chi connectivity index (χ1) is 7.20. The van der Waals surface area contributed by atoms with Gasteiger partial charge in [-0.05, 0) is 32.0 Å². The number of aromatic nitrogens is 1. The maximum absolute atomic E-state index is 10.7. The maximum Gasteiger partial charge on any atom is 0.150 e. The zero-order valence-corrected chi connectivity index (χ0v) is 8.78. The van der Waals surface area contributed by atoms with Crippen LogP contribution in [0.5, 0.6) is 5.75 Å². The smallest absolute Gasteiger partial charge is 0.150 e. The summed E-state index contributed by atoms with van der Waals surface area (Å²) >= 11 is 0. The lowest BCUT2D eigenvalue weighted by molar-refractivity contribution is 0.112. The lowest BCUT2D eigenvalue weighted by Gasteiger charge is -2.11. The number of aromatic amines is 1. The van der Waals surface area contributed by atoms with E-state index in [2.05, 4.69) is 4.98 Å². The van der Waals surface area contributed by atoms with E-state index in [1.54, 1.807) is 6.07 Å². The minimum Gasteiger partial charge on any atom is -0.490 e. The van der Waals surface area contributed by atoms with Crippen LogP contribution in [-0.4, -0.2) is 17.4 Å². The van der Waals surface area contributed by atoms with Gasteiger partial charge in [0.25, 0.3) is 0 Å². The van der Waals surface area contributed by atoms with E-state index in [9.17, 15) is 4.79 Å². The molecular formula is C12H13NO2. The second kappa shape index (κ2) is 3.77. The van der Waals surface area contributed by atoms with E-state index >= 15 is 0 Å². The van der Waals surface area contributed by atoms with Crippen molar-refractivity contribution in [3.05, 3.63) is 30.0 Å². The van der Waals surface area contributed by atoms with Crippen molar-refractivity contribution in [1.29, 1.82) is 0 Å². The first-order valence-corrected chi connectivity index (χ1v) is 4.93. The van der Waals surface area contributed by atoms with Gasteiger partial charge in [-0.1, -0.05) is 0 Å². The molecule has 3 heteroatoms. The van der Waals surface area contributed by atoms with Crippen LogP contribution in [0.1, 0.15) is 24.2 Å². The summed E-state index contributed by atoms with van der Waals surface area (Å²) in [5.74, 6) is 0.755. The van der Waals surface area contributed by atoms with Crippen molar-refractivity contribution < 1.29 is 9.53 Å². The lowest BCUT2D eigenvalue weighted by atomic mass is 10.1. The summed E-state index contributed by atoms with van der Waals surface area (Å²) in [6, 6.07) is 5.53. The van der Waals surface area contributed by atoms with E-state index in [-0.39, 0.29) is 6.10 Å². The predicted octanol–water partition coefficient (Wildman–Crippen LogP) is 2.77. The minimum atomic E-state index is 0.102. The van der Waals surface area contributed by atoms with Crippen molar-refractivity contribution in [3.63, 3.8) is 0 Å². The third kappa shape index (κ3) is 1.86. The number of fused-ring (bicyclic) bond motifs is 1. The van der Waals surface area contributed by atoms with Crippen LogP contribution in [0.3, 0.4) is 0 Å². The molecule has 1 N–H and O–H groups in total. The molecule has 0 bridgehead atoms. The number of aldehydes is 1. The van der Waals surface area contributed by atoms with Crippen molar-refractivity contribution in [3.8, 4) is 5.75 Å². The van der Waals surface area contributed by atoms with Gasteiger partial charge in [-0.3, -0.25) is 4.79 Å². The summed E-state index contributed by atoms with van der Waals surface area (Å²) in [4.78, 5) is 13.8. The summed E-state index contributed by atoms with van der Waals surface area (Å²) in [6.07, 6.45) is 2.77. The van der Waals surface area contributed by atoms with Gasteiger partial charge < -0.3 is 9.72 Å². The first-order valence-electron chi connectivity index (χ1n) is 4.93. The minimum absolute atomic E-state index is 0.102. The molecule has 0 amide bonds. The van der Waals surface area contributed by atoms with Gasteiger partial charge in [0.2, 0.25) is 0 Å². The Morgan fingerprint density at radius 1 is 1.40 bits per heavy atom. The van der Waals surface area contributed by atoms with E-state index in [1.165, 1.54) is 0 Å². The van der Waals surface area contributed by atoms with Crippen LogP contribution in [0.25, 0.3) is 10.9 Å². The maximum atomic E-state index is 10.7. The molecule has 0 spiro atoms. The highest BCUT2D eigenvalue weighted by Gasteiger charge is 2.07. The summed E-state index contributed by atoms with van der Waals surface area (Å²) in [5, 5.41) is 1.01. The predicted molar refractivity (Wildman–Crippen MR) is 59.5 cm³/mol. The average Bonchev–Trinajstić information content (AvgIpc) is 2.64. The van der Waals surface area contributed by atoms with Gasteiger partial charge in [0.15, 0.2) is 0 Å². The van der Waals surface area contributed by atoms with Crippen molar-refractivity contribution in [2.75, 3.05) is 0 Å². The van der Waals surface area contributed by atoms with Crippen LogP contribution in [0.2, 0.25) is 0 Å². The van der Waals surface area contributed by atoms with Gasteiger partial charge in [0.05, 0.1) is 6.10 Å². The van der Waals surface area contributed by atoms with Gasteiger partial charge in [0, 0.05) is 22.7 Å². The molecule has 0 fully saturated rings. The molecule has 78 valence electrons. The molecule has 0 aliphatic rings. The number of carbonyl (C=O) groups is 1. The Kier molecular flexibility index (Phi) is 2.46. The van der Waals surface area contributed by atoms with Gasteiger partial charge in [0.1, 0.15) is 12.0 Å². The van der Waals surface area contributed by atoms with E-state index in [0.717, 1.165) is 22.9 Å². The summed E-state index contributed by atoms with van der Waals surface area (Å²) < 4.78 is 5.65. The monoisotopic (exact) mass is 203 g/mol. The number of ether oxygens (including phenoxy) is 1. The largest absolute Gasteiger partial charge is 0.490 e. The molecule has 3 nitrogen and oxygen atoms in total. The second-order valence-corrected chi connectivity index (χ2v) is 3.74. The van der Waals surface area contributed by atoms with Crippen molar-refractivity contribution in [1.82, 2.24) is 4.98 Å². The van der Waals surface area contributed by atoms with Gasteiger partial charge in [-0.2, -0.15) is 0 Å². The number of nitrogens with one attached hydrogen (secondary N) is 1. The van der Waals surface area contributed by atoms with E-state index in [4.69, 9.17) is 4.74 Å². The van der Waals surface area contributed by atoms with E-state index in [1.807, 2.05) is 32.2 Å². The van der Waals surface area contributed by atoms with Crippen molar-refractivity contribution in [2.45, 2.75) is 20.0 Å². The SMILES string of the molecule is CC(C)Oc1cc(C=O)cc2[nH]ccc12. The fraction of sp³-hybridized carbons (Fsp3) is 0.250. The third-order valence-corrected chi connectivity index (χ3v) is 2.15. The number of rotatable bonds is 3.